The van der Waals surface area contributed by atoms with Gasteiger partial charge in [-0.15, -0.1) is 0 Å². The number of hydrogen-bond donors (Lipinski definition) is 2. The molecule has 0 unspecified atom stereocenters. The number of thioether (sulfide) groups is 1. The lowest BCUT2D eigenvalue weighted by Gasteiger charge is -2.03. The van der Waals surface area contributed by atoms with E-state index >= 15 is 0 Å². The maximum Gasteiger partial charge on any atom is 0.186 e. The van der Waals surface area contributed by atoms with Crippen LogP contribution in [-0.4, -0.2) is 20.8 Å². The van der Waals surface area contributed by atoms with E-state index < -0.39 is 0 Å². The molecule has 30 heavy (non-hydrogen) atoms. The van der Waals surface area contributed by atoms with Crippen molar-refractivity contribution in [3.8, 4) is 22.5 Å². The predicted octanol–water partition coefficient (Wildman–Crippen LogP) is 5.85. The first kappa shape index (κ1) is 19.7. The van der Waals surface area contributed by atoms with Gasteiger partial charge in [-0.1, -0.05) is 78.9 Å². The summed E-state index contributed by atoms with van der Waals surface area (Å²) in [5, 5.41) is 5.23. The molecule has 5 nitrogen and oxygen atoms in total. The smallest absolute Gasteiger partial charge is 0.186 e. The van der Waals surface area contributed by atoms with Gasteiger partial charge in [-0.2, -0.15) is 5.10 Å². The maximum absolute atomic E-state index is 12.2. The third kappa shape index (κ3) is 4.67. The first-order chi connectivity index (χ1) is 14.7. The lowest BCUT2D eigenvalue weighted by Crippen LogP contribution is -2.08. The highest BCUT2D eigenvalue weighted by Gasteiger charge is 2.17. The van der Waals surface area contributed by atoms with Crippen LogP contribution in [0.2, 0.25) is 0 Å². The summed E-state index contributed by atoms with van der Waals surface area (Å²) < 4.78 is 0. The van der Waals surface area contributed by atoms with Crippen molar-refractivity contribution >= 4 is 28.3 Å². The van der Waals surface area contributed by atoms with Crippen molar-refractivity contribution in [3.05, 3.63) is 91.0 Å². The standard InChI is InChI=1S/C24H20N4OS/c1-17(29)23(28-27-20-15-9-4-10-16-20)30-24-25-21(18-11-5-2-6-12-18)22(26-24)19-13-7-3-8-14-19/h2-16,27H,1H3,(H,25,26)/b28-23+. The Hall–Kier alpha value is -3.64. The van der Waals surface area contributed by atoms with Gasteiger partial charge in [0.05, 0.1) is 17.1 Å². The lowest BCUT2D eigenvalue weighted by atomic mass is 10.1. The molecule has 0 aliphatic heterocycles. The van der Waals surface area contributed by atoms with Gasteiger partial charge in [0.1, 0.15) is 0 Å². The largest absolute Gasteiger partial charge is 0.332 e. The summed E-state index contributed by atoms with van der Waals surface area (Å²) in [7, 11) is 0. The fourth-order valence-corrected chi connectivity index (χ4v) is 3.62. The SMILES string of the molecule is CC(=O)/C(=N\Nc1ccccc1)Sc1nc(-c2ccccc2)c(-c2ccccc2)[nH]1. The van der Waals surface area contributed by atoms with Crippen molar-refractivity contribution in [2.45, 2.75) is 12.1 Å². The van der Waals surface area contributed by atoms with E-state index in [0.29, 0.717) is 10.2 Å². The highest BCUT2D eigenvalue weighted by Crippen LogP contribution is 2.33. The second kappa shape index (κ2) is 9.24. The minimum Gasteiger partial charge on any atom is -0.332 e. The van der Waals surface area contributed by atoms with Gasteiger partial charge in [0.15, 0.2) is 16.0 Å². The molecule has 0 amide bonds. The van der Waals surface area contributed by atoms with E-state index in [4.69, 9.17) is 4.98 Å². The molecule has 0 radical (unpaired) electrons. The monoisotopic (exact) mass is 412 g/mol. The van der Waals surface area contributed by atoms with Crippen LogP contribution in [0.25, 0.3) is 22.5 Å². The normalized spacial score (nSPS) is 11.3. The average Bonchev–Trinajstić information content (AvgIpc) is 3.22. The van der Waals surface area contributed by atoms with Crippen molar-refractivity contribution in [1.82, 2.24) is 9.97 Å². The second-order valence-electron chi connectivity index (χ2n) is 6.55. The van der Waals surface area contributed by atoms with Gasteiger partial charge in [0.2, 0.25) is 0 Å². The van der Waals surface area contributed by atoms with Crippen LogP contribution in [0.1, 0.15) is 6.92 Å². The number of rotatable bonds is 6. The fraction of sp³-hybridized carbons (Fsp3) is 0.0417. The zero-order valence-corrected chi connectivity index (χ0v) is 17.2. The molecule has 0 aliphatic rings. The number of imidazole rings is 1. The molecule has 6 heteroatoms. The zero-order chi connectivity index (χ0) is 20.8. The van der Waals surface area contributed by atoms with E-state index in [1.807, 2.05) is 91.0 Å². The molecule has 0 atom stereocenters. The number of benzene rings is 3. The molecule has 0 spiro atoms. The number of anilines is 1. The van der Waals surface area contributed by atoms with Crippen molar-refractivity contribution < 1.29 is 4.79 Å². The molecule has 0 aliphatic carbocycles. The Labute approximate surface area is 179 Å². The van der Waals surface area contributed by atoms with E-state index in [0.717, 1.165) is 28.2 Å². The molecule has 2 N–H and O–H groups in total. The Bertz CT molecular complexity index is 1100. The third-order valence-electron chi connectivity index (χ3n) is 4.35. The van der Waals surface area contributed by atoms with Crippen LogP contribution in [0.4, 0.5) is 5.69 Å². The van der Waals surface area contributed by atoms with Crippen LogP contribution in [0.5, 0.6) is 0 Å². The number of para-hydroxylation sites is 1. The quantitative estimate of drug-likeness (QED) is 0.180. The summed E-state index contributed by atoms with van der Waals surface area (Å²) in [5.41, 5.74) is 7.52. The number of hydrazone groups is 1. The van der Waals surface area contributed by atoms with Crippen LogP contribution < -0.4 is 5.43 Å². The molecule has 0 bridgehead atoms. The van der Waals surface area contributed by atoms with Crippen molar-refractivity contribution in [2.75, 3.05) is 5.43 Å². The van der Waals surface area contributed by atoms with Crippen molar-refractivity contribution in [2.24, 2.45) is 5.10 Å². The number of H-pyrrole nitrogens is 1. The molecule has 4 aromatic rings. The number of ketones is 1. The molecule has 0 saturated heterocycles. The van der Waals surface area contributed by atoms with Gasteiger partial charge < -0.3 is 4.98 Å². The van der Waals surface area contributed by atoms with Gasteiger partial charge in [-0.3, -0.25) is 10.2 Å². The number of aromatic amines is 1. The molecule has 3 aromatic carbocycles. The van der Waals surface area contributed by atoms with Crippen molar-refractivity contribution in [1.29, 1.82) is 0 Å². The Kier molecular flexibility index (Phi) is 6.06. The summed E-state index contributed by atoms with van der Waals surface area (Å²) in [6.07, 6.45) is 0. The van der Waals surface area contributed by atoms with E-state index in [1.165, 1.54) is 18.7 Å². The van der Waals surface area contributed by atoms with Gasteiger partial charge in [0.25, 0.3) is 0 Å². The topological polar surface area (TPSA) is 70.1 Å². The number of nitrogens with one attached hydrogen (secondary N) is 2. The highest BCUT2D eigenvalue weighted by atomic mass is 32.2. The Balaban J connectivity index is 1.68. The molecular weight excluding hydrogens is 392 g/mol. The van der Waals surface area contributed by atoms with E-state index in [9.17, 15) is 4.79 Å². The Morgan fingerprint density at radius 1 is 0.867 bits per heavy atom. The maximum atomic E-state index is 12.2. The summed E-state index contributed by atoms with van der Waals surface area (Å²) >= 11 is 1.21. The zero-order valence-electron chi connectivity index (χ0n) is 16.4. The highest BCUT2D eigenvalue weighted by molar-refractivity contribution is 8.15. The van der Waals surface area contributed by atoms with E-state index in [1.54, 1.807) is 0 Å². The summed E-state index contributed by atoms with van der Waals surface area (Å²) in [4.78, 5) is 20.3. The van der Waals surface area contributed by atoms with Crippen LogP contribution in [-0.2, 0) is 4.79 Å². The second-order valence-corrected chi connectivity index (χ2v) is 7.53. The number of Topliss-reactive ketones (excluding diaryl/α,β-unsaturated/α-hetero) is 1. The van der Waals surface area contributed by atoms with Gasteiger partial charge in [-0.25, -0.2) is 4.98 Å². The number of aromatic nitrogens is 2. The number of carbonyl (C=O) groups is 1. The fourth-order valence-electron chi connectivity index (χ4n) is 2.91. The van der Waals surface area contributed by atoms with Gasteiger partial charge in [-0.05, 0) is 23.9 Å². The summed E-state index contributed by atoms with van der Waals surface area (Å²) in [6, 6.07) is 29.5. The molecule has 148 valence electrons. The minimum absolute atomic E-state index is 0.137. The number of carbonyl (C=O) groups excluding carboxylic acids is 1. The molecular formula is C24H20N4OS. The number of hydrogen-bond acceptors (Lipinski definition) is 5. The van der Waals surface area contributed by atoms with Gasteiger partial charge >= 0.3 is 0 Å². The summed E-state index contributed by atoms with van der Waals surface area (Å²) in [6.45, 7) is 1.50. The lowest BCUT2D eigenvalue weighted by molar-refractivity contribution is -0.110. The molecule has 0 fully saturated rings. The first-order valence-corrected chi connectivity index (χ1v) is 10.3. The van der Waals surface area contributed by atoms with Gasteiger partial charge in [0, 0.05) is 18.1 Å². The predicted molar refractivity (Wildman–Crippen MR) is 123 cm³/mol. The average molecular weight is 413 g/mol. The Morgan fingerprint density at radius 3 is 2.03 bits per heavy atom. The third-order valence-corrected chi connectivity index (χ3v) is 5.31. The molecule has 4 rings (SSSR count). The molecule has 1 heterocycles. The molecule has 0 saturated carbocycles. The number of nitrogens with zero attached hydrogens (tertiary/aromatic N) is 2. The minimum atomic E-state index is -0.137. The van der Waals surface area contributed by atoms with E-state index in [2.05, 4.69) is 15.5 Å². The van der Waals surface area contributed by atoms with Crippen LogP contribution in [0, 0.1) is 0 Å². The summed E-state index contributed by atoms with van der Waals surface area (Å²) in [5.74, 6) is -0.137. The first-order valence-electron chi connectivity index (χ1n) is 9.49. The van der Waals surface area contributed by atoms with Crippen LogP contribution in [0.15, 0.2) is 101 Å². The molecule has 1 aromatic heterocycles. The van der Waals surface area contributed by atoms with Crippen molar-refractivity contribution in [3.63, 3.8) is 0 Å². The van der Waals surface area contributed by atoms with Crippen LogP contribution >= 0.6 is 11.8 Å². The van der Waals surface area contributed by atoms with Crippen LogP contribution in [0.3, 0.4) is 0 Å². The van der Waals surface area contributed by atoms with E-state index in [-0.39, 0.29) is 5.78 Å². The Morgan fingerprint density at radius 2 is 1.43 bits per heavy atom.